The number of halogens is 1. The Morgan fingerprint density at radius 3 is 2.53 bits per heavy atom. The predicted octanol–water partition coefficient (Wildman–Crippen LogP) is 2.40. The molecule has 1 atom stereocenters. The first-order chi connectivity index (χ1) is 8.11. The Morgan fingerprint density at radius 1 is 1.29 bits per heavy atom. The van der Waals surface area contributed by atoms with E-state index in [2.05, 4.69) is 26.1 Å². The van der Waals surface area contributed by atoms with E-state index in [1.165, 1.54) is 32.4 Å². The van der Waals surface area contributed by atoms with Gasteiger partial charge in [-0.3, -0.25) is 4.79 Å². The number of piperidine rings is 1. The highest BCUT2D eigenvalue weighted by Crippen LogP contribution is 2.11. The summed E-state index contributed by atoms with van der Waals surface area (Å²) in [6.07, 6.45) is 5.11. The molecule has 1 N–H and O–H groups in total. The Morgan fingerprint density at radius 2 is 1.94 bits per heavy atom. The highest BCUT2D eigenvalue weighted by Gasteiger charge is 2.17. The zero-order valence-electron chi connectivity index (χ0n) is 11.0. The molecule has 0 saturated carbocycles. The average molecular weight is 305 g/mol. The minimum atomic E-state index is -0.0579. The van der Waals surface area contributed by atoms with Crippen molar-refractivity contribution in [3.05, 3.63) is 0 Å². The molecule has 4 heteroatoms. The Kier molecular flexibility index (Phi) is 7.12. The summed E-state index contributed by atoms with van der Waals surface area (Å²) in [5.41, 5.74) is 0. The molecule has 0 aromatic heterocycles. The molecular weight excluding hydrogens is 280 g/mol. The second kappa shape index (κ2) is 8.09. The van der Waals surface area contributed by atoms with E-state index >= 15 is 0 Å². The van der Waals surface area contributed by atoms with Gasteiger partial charge in [0.15, 0.2) is 0 Å². The quantitative estimate of drug-likeness (QED) is 0.604. The number of rotatable bonds is 6. The lowest BCUT2D eigenvalue weighted by atomic mass is 10.1. The first kappa shape index (κ1) is 15.0. The van der Waals surface area contributed by atoms with Gasteiger partial charge in [0.25, 0.3) is 0 Å². The lowest BCUT2D eigenvalue weighted by Gasteiger charge is -2.26. The van der Waals surface area contributed by atoms with Gasteiger partial charge >= 0.3 is 0 Å². The molecule has 0 aromatic carbocycles. The van der Waals surface area contributed by atoms with Crippen LogP contribution in [0.3, 0.4) is 0 Å². The van der Waals surface area contributed by atoms with E-state index < -0.39 is 0 Å². The molecular formula is C13H25BrN2O. The van der Waals surface area contributed by atoms with Crippen molar-refractivity contribution in [2.75, 3.05) is 26.2 Å². The smallest absolute Gasteiger partial charge is 0.234 e. The Bertz CT molecular complexity index is 227. The van der Waals surface area contributed by atoms with Gasteiger partial charge in [0, 0.05) is 6.54 Å². The van der Waals surface area contributed by atoms with Gasteiger partial charge < -0.3 is 10.2 Å². The van der Waals surface area contributed by atoms with Crippen LogP contribution < -0.4 is 5.32 Å². The summed E-state index contributed by atoms with van der Waals surface area (Å²) >= 11 is 3.41. The van der Waals surface area contributed by atoms with Crippen molar-refractivity contribution in [3.63, 3.8) is 0 Å². The number of alkyl halides is 1. The third-order valence-corrected chi connectivity index (χ3v) is 4.71. The zero-order chi connectivity index (χ0) is 12.7. The normalized spacial score (nSPS) is 19.3. The topological polar surface area (TPSA) is 32.3 Å². The Hall–Kier alpha value is -0.0900. The van der Waals surface area contributed by atoms with E-state index in [4.69, 9.17) is 0 Å². The molecule has 100 valence electrons. The van der Waals surface area contributed by atoms with Crippen LogP contribution in [0, 0.1) is 5.92 Å². The number of nitrogens with zero attached hydrogens (tertiary/aromatic N) is 1. The maximum absolute atomic E-state index is 11.7. The fourth-order valence-corrected chi connectivity index (χ4v) is 2.26. The van der Waals surface area contributed by atoms with E-state index in [9.17, 15) is 4.79 Å². The van der Waals surface area contributed by atoms with Gasteiger partial charge in [0.1, 0.15) is 0 Å². The van der Waals surface area contributed by atoms with Crippen molar-refractivity contribution in [2.45, 2.75) is 44.4 Å². The molecule has 0 bridgehead atoms. The van der Waals surface area contributed by atoms with Crippen LogP contribution in [0.5, 0.6) is 0 Å². The number of likely N-dealkylation sites (tertiary alicyclic amines) is 1. The predicted molar refractivity (Wildman–Crippen MR) is 75.5 cm³/mol. The SMILES string of the molecule is CC(C)C(Br)C(=O)NCCCN1CCCCC1. The first-order valence-corrected chi connectivity index (χ1v) is 7.67. The summed E-state index contributed by atoms with van der Waals surface area (Å²) in [5.74, 6) is 0.468. The van der Waals surface area contributed by atoms with E-state index in [0.29, 0.717) is 5.92 Å². The molecule has 0 radical (unpaired) electrons. The molecule has 0 aromatic rings. The van der Waals surface area contributed by atoms with Crippen LogP contribution in [-0.2, 0) is 4.79 Å². The molecule has 0 spiro atoms. The number of amides is 1. The minimum Gasteiger partial charge on any atom is -0.355 e. The maximum atomic E-state index is 11.7. The molecule has 1 rings (SSSR count). The average Bonchev–Trinajstić information content (AvgIpc) is 2.34. The van der Waals surface area contributed by atoms with Crippen molar-refractivity contribution in [2.24, 2.45) is 5.92 Å². The molecule has 17 heavy (non-hydrogen) atoms. The van der Waals surface area contributed by atoms with Gasteiger partial charge in [-0.15, -0.1) is 0 Å². The van der Waals surface area contributed by atoms with Crippen LogP contribution in [0.15, 0.2) is 0 Å². The summed E-state index contributed by atoms with van der Waals surface area (Å²) in [6.45, 7) is 8.49. The minimum absolute atomic E-state index is 0.0579. The van der Waals surface area contributed by atoms with Crippen molar-refractivity contribution >= 4 is 21.8 Å². The summed E-state index contributed by atoms with van der Waals surface area (Å²) in [6, 6.07) is 0. The molecule has 0 aliphatic carbocycles. The monoisotopic (exact) mass is 304 g/mol. The molecule has 1 aliphatic rings. The van der Waals surface area contributed by atoms with E-state index in [1.807, 2.05) is 13.8 Å². The fourth-order valence-electron chi connectivity index (χ4n) is 2.10. The first-order valence-electron chi connectivity index (χ1n) is 6.75. The molecule has 3 nitrogen and oxygen atoms in total. The van der Waals surface area contributed by atoms with E-state index in [1.54, 1.807) is 0 Å². The number of hydrogen-bond acceptors (Lipinski definition) is 2. The third-order valence-electron chi connectivity index (χ3n) is 3.23. The van der Waals surface area contributed by atoms with E-state index in [0.717, 1.165) is 19.5 Å². The number of nitrogens with one attached hydrogen (secondary N) is 1. The van der Waals surface area contributed by atoms with Crippen molar-refractivity contribution in [1.82, 2.24) is 10.2 Å². The summed E-state index contributed by atoms with van der Waals surface area (Å²) < 4.78 is 0. The molecule has 1 heterocycles. The third kappa shape index (κ3) is 5.87. The van der Waals surface area contributed by atoms with Gasteiger partial charge in [-0.1, -0.05) is 36.2 Å². The summed E-state index contributed by atoms with van der Waals surface area (Å²) in [4.78, 5) is 14.1. The highest BCUT2D eigenvalue weighted by molar-refractivity contribution is 9.10. The van der Waals surface area contributed by atoms with Crippen LogP contribution >= 0.6 is 15.9 Å². The van der Waals surface area contributed by atoms with Crippen molar-refractivity contribution in [1.29, 1.82) is 0 Å². The molecule has 1 fully saturated rings. The van der Waals surface area contributed by atoms with Crippen LogP contribution in [0.25, 0.3) is 0 Å². The van der Waals surface area contributed by atoms with Gasteiger partial charge in [-0.25, -0.2) is 0 Å². The standard InChI is InChI=1S/C13H25BrN2O/c1-11(2)12(14)13(17)15-7-6-10-16-8-4-3-5-9-16/h11-12H,3-10H2,1-2H3,(H,15,17). The molecule has 1 unspecified atom stereocenters. The summed E-state index contributed by atoms with van der Waals surface area (Å²) in [5, 5.41) is 2.99. The van der Waals surface area contributed by atoms with Gasteiger partial charge in [0.2, 0.25) is 5.91 Å². The fraction of sp³-hybridized carbons (Fsp3) is 0.923. The highest BCUT2D eigenvalue weighted by atomic mass is 79.9. The Labute approximate surface area is 113 Å². The molecule has 1 amide bonds. The molecule has 1 saturated heterocycles. The van der Waals surface area contributed by atoms with Crippen LogP contribution in [0.1, 0.15) is 39.5 Å². The number of hydrogen-bond donors (Lipinski definition) is 1. The molecule has 1 aliphatic heterocycles. The van der Waals surface area contributed by atoms with E-state index in [-0.39, 0.29) is 10.7 Å². The van der Waals surface area contributed by atoms with Crippen LogP contribution in [0.2, 0.25) is 0 Å². The lowest BCUT2D eigenvalue weighted by molar-refractivity contribution is -0.121. The number of carbonyl (C=O) groups is 1. The Balaban J connectivity index is 2.05. The van der Waals surface area contributed by atoms with Gasteiger partial charge in [-0.2, -0.15) is 0 Å². The van der Waals surface area contributed by atoms with Gasteiger partial charge in [-0.05, 0) is 44.8 Å². The maximum Gasteiger partial charge on any atom is 0.234 e. The van der Waals surface area contributed by atoms with Crippen LogP contribution in [0.4, 0.5) is 0 Å². The van der Waals surface area contributed by atoms with Crippen LogP contribution in [-0.4, -0.2) is 41.8 Å². The van der Waals surface area contributed by atoms with Crippen molar-refractivity contribution in [3.8, 4) is 0 Å². The lowest BCUT2D eigenvalue weighted by Crippen LogP contribution is -2.37. The number of carbonyl (C=O) groups excluding carboxylic acids is 1. The summed E-state index contributed by atoms with van der Waals surface area (Å²) in [7, 11) is 0. The van der Waals surface area contributed by atoms with Crippen molar-refractivity contribution < 1.29 is 4.79 Å². The van der Waals surface area contributed by atoms with Gasteiger partial charge in [0.05, 0.1) is 4.83 Å². The zero-order valence-corrected chi connectivity index (χ0v) is 12.6. The second-order valence-corrected chi connectivity index (χ2v) is 6.18. The second-order valence-electron chi connectivity index (χ2n) is 5.19. The largest absolute Gasteiger partial charge is 0.355 e.